The molecule has 8 heteroatoms. The van der Waals surface area contributed by atoms with Gasteiger partial charge in [-0.15, -0.1) is 0 Å². The molecule has 0 aromatic heterocycles. The molecule has 0 aromatic rings. The third kappa shape index (κ3) is 4.83. The first-order chi connectivity index (χ1) is 13.2. The number of nitrogens with one attached hydrogen (secondary N) is 2. The number of amides is 2. The number of carboxylic acid groups (broad SMARTS) is 1. The quantitative estimate of drug-likeness (QED) is 0.508. The zero-order valence-corrected chi connectivity index (χ0v) is 17.1. The van der Waals surface area contributed by atoms with Crippen LogP contribution in [0, 0.1) is 23.7 Å². The van der Waals surface area contributed by atoms with E-state index >= 15 is 0 Å². The monoisotopic (exact) mass is 396 g/mol. The highest BCUT2D eigenvalue weighted by Crippen LogP contribution is 2.39. The van der Waals surface area contributed by atoms with E-state index in [1.807, 2.05) is 6.92 Å². The second-order valence-corrected chi connectivity index (χ2v) is 8.37. The van der Waals surface area contributed by atoms with Crippen LogP contribution in [0.4, 0.5) is 0 Å². The van der Waals surface area contributed by atoms with E-state index in [0.717, 1.165) is 25.7 Å². The molecule has 2 amide bonds. The van der Waals surface area contributed by atoms with Gasteiger partial charge >= 0.3 is 11.9 Å². The predicted octanol–water partition coefficient (Wildman–Crippen LogP) is 1.47. The van der Waals surface area contributed by atoms with Crippen LogP contribution in [0.3, 0.4) is 0 Å². The Labute approximate surface area is 165 Å². The van der Waals surface area contributed by atoms with Gasteiger partial charge in [-0.1, -0.05) is 47.0 Å². The number of hydrogen-bond acceptors (Lipinski definition) is 5. The van der Waals surface area contributed by atoms with Gasteiger partial charge in [0.25, 0.3) is 5.91 Å². The van der Waals surface area contributed by atoms with E-state index in [0.29, 0.717) is 6.42 Å². The lowest BCUT2D eigenvalue weighted by Crippen LogP contribution is -2.61. The SMILES string of the molecule is CC[C@H](C)[C@H](NC(=O)[C@@H](NC(=O)[C@@H]1OC(=O)[C@H]1C1CCCC1)C(C)C)C(=O)O. The summed E-state index contributed by atoms with van der Waals surface area (Å²) in [6.07, 6.45) is 3.64. The summed E-state index contributed by atoms with van der Waals surface area (Å²) in [6, 6.07) is -1.93. The Kier molecular flexibility index (Phi) is 7.43. The first-order valence-corrected chi connectivity index (χ1v) is 10.2. The average Bonchev–Trinajstić information content (AvgIpc) is 3.13. The molecule has 1 saturated heterocycles. The lowest BCUT2D eigenvalue weighted by Gasteiger charge is -2.38. The highest BCUT2D eigenvalue weighted by Gasteiger charge is 2.52. The maximum Gasteiger partial charge on any atom is 0.326 e. The minimum absolute atomic E-state index is 0.158. The van der Waals surface area contributed by atoms with Gasteiger partial charge < -0.3 is 20.5 Å². The van der Waals surface area contributed by atoms with Crippen LogP contribution in [0.1, 0.15) is 59.8 Å². The largest absolute Gasteiger partial charge is 0.480 e. The Morgan fingerprint density at radius 2 is 1.71 bits per heavy atom. The highest BCUT2D eigenvalue weighted by molar-refractivity contribution is 5.97. The number of hydrogen-bond donors (Lipinski definition) is 3. The van der Waals surface area contributed by atoms with Crippen LogP contribution in [0.2, 0.25) is 0 Å². The van der Waals surface area contributed by atoms with Gasteiger partial charge in [0.05, 0.1) is 0 Å². The summed E-state index contributed by atoms with van der Waals surface area (Å²) in [5.41, 5.74) is 0. The molecule has 2 rings (SSSR count). The Morgan fingerprint density at radius 1 is 1.11 bits per heavy atom. The van der Waals surface area contributed by atoms with Crippen molar-refractivity contribution in [2.75, 3.05) is 0 Å². The molecule has 2 aliphatic rings. The maximum absolute atomic E-state index is 12.7. The normalized spacial score (nSPS) is 25.4. The molecule has 1 aliphatic carbocycles. The number of esters is 1. The number of cyclic esters (lactones) is 1. The molecule has 158 valence electrons. The first kappa shape index (κ1) is 22.2. The van der Waals surface area contributed by atoms with E-state index in [-0.39, 0.29) is 23.7 Å². The maximum atomic E-state index is 12.7. The molecular formula is C20H32N2O6. The molecule has 0 spiro atoms. The molecule has 5 atom stereocenters. The third-order valence-electron chi connectivity index (χ3n) is 6.03. The van der Waals surface area contributed by atoms with Crippen LogP contribution in [-0.2, 0) is 23.9 Å². The minimum Gasteiger partial charge on any atom is -0.480 e. The van der Waals surface area contributed by atoms with Crippen molar-refractivity contribution in [3.63, 3.8) is 0 Å². The topological polar surface area (TPSA) is 122 Å². The van der Waals surface area contributed by atoms with Gasteiger partial charge in [-0.2, -0.15) is 0 Å². The van der Waals surface area contributed by atoms with E-state index in [1.54, 1.807) is 20.8 Å². The number of carboxylic acids is 1. The van der Waals surface area contributed by atoms with Crippen LogP contribution in [0.5, 0.6) is 0 Å². The molecule has 1 saturated carbocycles. The van der Waals surface area contributed by atoms with Crippen molar-refractivity contribution in [3.8, 4) is 0 Å². The zero-order chi connectivity index (χ0) is 21.0. The summed E-state index contributed by atoms with van der Waals surface area (Å²) in [4.78, 5) is 48.7. The molecule has 1 aliphatic heterocycles. The lowest BCUT2D eigenvalue weighted by molar-refractivity contribution is -0.194. The van der Waals surface area contributed by atoms with Crippen molar-refractivity contribution in [1.82, 2.24) is 10.6 Å². The van der Waals surface area contributed by atoms with E-state index < -0.39 is 41.9 Å². The van der Waals surface area contributed by atoms with Gasteiger partial charge in [0.1, 0.15) is 18.0 Å². The Bertz CT molecular complexity index is 614. The van der Waals surface area contributed by atoms with E-state index in [9.17, 15) is 24.3 Å². The molecule has 28 heavy (non-hydrogen) atoms. The minimum atomic E-state index is -1.11. The number of ether oxygens (including phenoxy) is 1. The van der Waals surface area contributed by atoms with E-state index in [2.05, 4.69) is 10.6 Å². The van der Waals surface area contributed by atoms with Crippen molar-refractivity contribution < 1.29 is 29.0 Å². The number of carbonyl (C=O) groups is 4. The van der Waals surface area contributed by atoms with Gasteiger partial charge in [-0.3, -0.25) is 14.4 Å². The van der Waals surface area contributed by atoms with Crippen LogP contribution in [0.15, 0.2) is 0 Å². The van der Waals surface area contributed by atoms with Crippen LogP contribution in [0.25, 0.3) is 0 Å². The van der Waals surface area contributed by atoms with Crippen LogP contribution in [-0.4, -0.2) is 47.0 Å². The van der Waals surface area contributed by atoms with Crippen LogP contribution >= 0.6 is 0 Å². The Hall–Kier alpha value is -2.12. The summed E-state index contributed by atoms with van der Waals surface area (Å²) in [6.45, 7) is 7.14. The number of aliphatic carboxylic acids is 1. The summed E-state index contributed by atoms with van der Waals surface area (Å²) in [5, 5.41) is 14.6. The van der Waals surface area contributed by atoms with Gasteiger partial charge in [0, 0.05) is 0 Å². The second-order valence-electron chi connectivity index (χ2n) is 8.37. The van der Waals surface area contributed by atoms with E-state index in [1.165, 1.54) is 0 Å². The first-order valence-electron chi connectivity index (χ1n) is 10.2. The molecule has 1 heterocycles. The Morgan fingerprint density at radius 3 is 2.18 bits per heavy atom. The van der Waals surface area contributed by atoms with Crippen molar-refractivity contribution in [3.05, 3.63) is 0 Å². The molecule has 2 fully saturated rings. The van der Waals surface area contributed by atoms with Crippen molar-refractivity contribution in [2.45, 2.75) is 78.0 Å². The summed E-state index contributed by atoms with van der Waals surface area (Å²) >= 11 is 0. The molecule has 0 aromatic carbocycles. The van der Waals surface area contributed by atoms with Crippen molar-refractivity contribution in [2.24, 2.45) is 23.7 Å². The Balaban J connectivity index is 2.03. The molecule has 3 N–H and O–H groups in total. The zero-order valence-electron chi connectivity index (χ0n) is 17.1. The molecule has 0 radical (unpaired) electrons. The predicted molar refractivity (Wildman–Crippen MR) is 101 cm³/mol. The van der Waals surface area contributed by atoms with E-state index in [4.69, 9.17) is 4.74 Å². The van der Waals surface area contributed by atoms with Gasteiger partial charge in [-0.05, 0) is 30.6 Å². The standard InChI is InChI=1S/C20H32N2O6/c1-5-11(4)15(19(25)26)22-17(23)14(10(2)3)21-18(24)16-13(20(27)28-16)12-8-6-7-9-12/h10-16H,5-9H2,1-4H3,(H,21,24)(H,22,23)(H,25,26)/t11-,13-,14-,15-,16+/m0/s1. The number of rotatable bonds is 9. The van der Waals surface area contributed by atoms with Crippen molar-refractivity contribution >= 4 is 23.8 Å². The fourth-order valence-corrected chi connectivity index (χ4v) is 4.00. The smallest absolute Gasteiger partial charge is 0.326 e. The summed E-state index contributed by atoms with van der Waals surface area (Å²) < 4.78 is 5.08. The number of carbonyl (C=O) groups excluding carboxylic acids is 3. The second kappa shape index (κ2) is 9.39. The fourth-order valence-electron chi connectivity index (χ4n) is 4.00. The lowest BCUT2D eigenvalue weighted by atomic mass is 9.82. The van der Waals surface area contributed by atoms with Gasteiger partial charge in [0.2, 0.25) is 5.91 Å². The average molecular weight is 396 g/mol. The molecule has 8 nitrogen and oxygen atoms in total. The van der Waals surface area contributed by atoms with Gasteiger partial charge in [-0.25, -0.2) is 4.79 Å². The summed E-state index contributed by atoms with van der Waals surface area (Å²) in [5.74, 6) is -3.26. The summed E-state index contributed by atoms with van der Waals surface area (Å²) in [7, 11) is 0. The molecule has 0 bridgehead atoms. The highest BCUT2D eigenvalue weighted by atomic mass is 16.6. The molecular weight excluding hydrogens is 364 g/mol. The van der Waals surface area contributed by atoms with Crippen molar-refractivity contribution in [1.29, 1.82) is 0 Å². The fraction of sp³-hybridized carbons (Fsp3) is 0.800. The van der Waals surface area contributed by atoms with Crippen LogP contribution < -0.4 is 10.6 Å². The van der Waals surface area contributed by atoms with Gasteiger partial charge in [0.15, 0.2) is 6.10 Å². The molecule has 0 unspecified atom stereocenters. The third-order valence-corrected chi connectivity index (χ3v) is 6.03.